The summed E-state index contributed by atoms with van der Waals surface area (Å²) in [5.41, 5.74) is 5.41. The number of unbranched alkanes of at least 4 members (excludes halogenated alkanes) is 1. The molecule has 3 rings (SSSR count). The molecule has 0 bridgehead atoms. The number of aliphatic imine (C=N–C) groups is 1. The second-order valence-corrected chi connectivity index (χ2v) is 8.81. The minimum atomic E-state index is -0.133. The Bertz CT molecular complexity index is 634. The van der Waals surface area contributed by atoms with Crippen molar-refractivity contribution in [2.24, 2.45) is 16.6 Å². The third kappa shape index (κ3) is 6.60. The molecule has 2 saturated heterocycles. The van der Waals surface area contributed by atoms with Gasteiger partial charge in [-0.1, -0.05) is 0 Å². The zero-order valence-electron chi connectivity index (χ0n) is 17.7. The first-order chi connectivity index (χ1) is 14.2. The summed E-state index contributed by atoms with van der Waals surface area (Å²) >= 11 is 1.82. The largest absolute Gasteiger partial charge is 0.369 e. The molecule has 0 aromatic carbocycles. The van der Waals surface area contributed by atoms with E-state index in [1.54, 1.807) is 0 Å². The van der Waals surface area contributed by atoms with Crippen molar-refractivity contribution in [3.05, 3.63) is 17.5 Å². The van der Waals surface area contributed by atoms with Crippen LogP contribution >= 0.6 is 11.3 Å². The predicted octanol–water partition coefficient (Wildman–Crippen LogP) is 1.81. The lowest BCUT2D eigenvalue weighted by molar-refractivity contribution is -0.123. The van der Waals surface area contributed by atoms with Gasteiger partial charge in [0.15, 0.2) is 5.96 Å². The number of rotatable bonds is 8. The van der Waals surface area contributed by atoms with Crippen LogP contribution in [0.1, 0.15) is 32.6 Å². The fourth-order valence-corrected chi connectivity index (χ4v) is 4.87. The molecule has 0 radical (unpaired) electrons. The van der Waals surface area contributed by atoms with Crippen LogP contribution in [0.3, 0.4) is 0 Å². The SMILES string of the molecule is CCNC(=NCCCCN1CCC(C(N)=O)CC1)N1CCN(c2cccs2)CC1. The van der Waals surface area contributed by atoms with Crippen molar-refractivity contribution in [3.8, 4) is 0 Å². The lowest BCUT2D eigenvalue weighted by Gasteiger charge is -2.37. The van der Waals surface area contributed by atoms with Gasteiger partial charge in [0.25, 0.3) is 0 Å². The van der Waals surface area contributed by atoms with Gasteiger partial charge in [-0.3, -0.25) is 9.79 Å². The van der Waals surface area contributed by atoms with Gasteiger partial charge in [-0.05, 0) is 69.8 Å². The Balaban J connectivity index is 1.36. The number of primary amides is 1. The lowest BCUT2D eigenvalue weighted by atomic mass is 9.96. The summed E-state index contributed by atoms with van der Waals surface area (Å²) in [6.45, 7) is 11.1. The van der Waals surface area contributed by atoms with E-state index in [1.165, 1.54) is 5.00 Å². The maximum Gasteiger partial charge on any atom is 0.220 e. The average Bonchev–Trinajstić information content (AvgIpc) is 3.28. The standard InChI is InChI=1S/C21H36N6OS/c1-2-23-21(27-15-13-26(14-16-27)19-6-5-17-29-19)24-9-3-4-10-25-11-7-18(8-12-25)20(22)28/h5-6,17-18H,2-4,7-16H2,1H3,(H2,22,28)(H,23,24). The minimum Gasteiger partial charge on any atom is -0.369 e. The number of carbonyl (C=O) groups is 1. The van der Waals surface area contributed by atoms with Crippen LogP contribution < -0.4 is 16.0 Å². The summed E-state index contributed by atoms with van der Waals surface area (Å²) in [5, 5.41) is 6.98. The van der Waals surface area contributed by atoms with Crippen molar-refractivity contribution in [2.45, 2.75) is 32.6 Å². The number of hydrogen-bond donors (Lipinski definition) is 2. The van der Waals surface area contributed by atoms with Crippen LogP contribution in [0.2, 0.25) is 0 Å². The minimum absolute atomic E-state index is 0.0822. The molecule has 0 spiro atoms. The van der Waals surface area contributed by atoms with Gasteiger partial charge in [0.1, 0.15) is 0 Å². The first-order valence-electron chi connectivity index (χ1n) is 11.0. The van der Waals surface area contributed by atoms with Crippen molar-refractivity contribution >= 4 is 28.2 Å². The summed E-state index contributed by atoms with van der Waals surface area (Å²) in [4.78, 5) is 23.5. The van der Waals surface area contributed by atoms with E-state index in [9.17, 15) is 4.79 Å². The van der Waals surface area contributed by atoms with Gasteiger partial charge in [0.05, 0.1) is 5.00 Å². The van der Waals surface area contributed by atoms with Crippen molar-refractivity contribution in [3.63, 3.8) is 0 Å². The Morgan fingerprint density at radius 1 is 1.21 bits per heavy atom. The van der Waals surface area contributed by atoms with Crippen molar-refractivity contribution in [2.75, 3.05) is 63.8 Å². The molecule has 8 heteroatoms. The van der Waals surface area contributed by atoms with Crippen LogP contribution in [-0.2, 0) is 4.79 Å². The molecular weight excluding hydrogens is 384 g/mol. The number of guanidine groups is 1. The molecule has 0 aliphatic carbocycles. The van der Waals surface area contributed by atoms with E-state index in [4.69, 9.17) is 10.7 Å². The van der Waals surface area contributed by atoms with E-state index in [0.29, 0.717) is 0 Å². The molecule has 29 heavy (non-hydrogen) atoms. The summed E-state index contributed by atoms with van der Waals surface area (Å²) in [7, 11) is 0. The number of thiophene rings is 1. The Labute approximate surface area is 178 Å². The van der Waals surface area contributed by atoms with Crippen LogP contribution in [0.15, 0.2) is 22.5 Å². The molecule has 1 aromatic heterocycles. The highest BCUT2D eigenvalue weighted by Gasteiger charge is 2.23. The summed E-state index contributed by atoms with van der Waals surface area (Å²) < 4.78 is 0. The molecule has 3 heterocycles. The number of nitrogens with two attached hydrogens (primary N) is 1. The Hall–Kier alpha value is -1.80. The molecule has 2 fully saturated rings. The molecule has 0 unspecified atom stereocenters. The maximum absolute atomic E-state index is 11.3. The quantitative estimate of drug-likeness (QED) is 0.381. The van der Waals surface area contributed by atoms with Gasteiger partial charge < -0.3 is 25.8 Å². The molecule has 7 nitrogen and oxygen atoms in total. The second-order valence-electron chi connectivity index (χ2n) is 7.89. The number of carbonyl (C=O) groups excluding carboxylic acids is 1. The third-order valence-electron chi connectivity index (χ3n) is 5.87. The third-order valence-corrected chi connectivity index (χ3v) is 6.79. The average molecular weight is 421 g/mol. The summed E-state index contributed by atoms with van der Waals surface area (Å²) in [6, 6.07) is 4.33. The van der Waals surface area contributed by atoms with E-state index in [-0.39, 0.29) is 11.8 Å². The molecule has 162 valence electrons. The molecule has 3 N–H and O–H groups in total. The van der Waals surface area contributed by atoms with Gasteiger partial charge in [-0.15, -0.1) is 11.3 Å². The number of likely N-dealkylation sites (tertiary alicyclic amines) is 1. The van der Waals surface area contributed by atoms with E-state index >= 15 is 0 Å². The van der Waals surface area contributed by atoms with Crippen LogP contribution in [0, 0.1) is 5.92 Å². The van der Waals surface area contributed by atoms with Gasteiger partial charge in [0.2, 0.25) is 5.91 Å². The number of nitrogens with zero attached hydrogens (tertiary/aromatic N) is 4. The van der Waals surface area contributed by atoms with Crippen molar-refractivity contribution in [1.29, 1.82) is 0 Å². The molecule has 2 aliphatic heterocycles. The first-order valence-corrected chi connectivity index (χ1v) is 11.9. The van der Waals surface area contributed by atoms with Crippen LogP contribution in [0.4, 0.5) is 5.00 Å². The predicted molar refractivity (Wildman–Crippen MR) is 122 cm³/mol. The smallest absolute Gasteiger partial charge is 0.220 e. The second kappa shape index (κ2) is 11.4. The fraction of sp³-hybridized carbons (Fsp3) is 0.714. The van der Waals surface area contributed by atoms with Crippen molar-refractivity contribution < 1.29 is 4.79 Å². The van der Waals surface area contributed by atoms with Crippen LogP contribution in [-0.4, -0.2) is 80.6 Å². The normalized spacial score (nSPS) is 19.6. The number of hydrogen-bond acceptors (Lipinski definition) is 5. The number of nitrogens with one attached hydrogen (secondary N) is 1. The molecule has 2 aliphatic rings. The highest BCUT2D eigenvalue weighted by molar-refractivity contribution is 7.14. The highest BCUT2D eigenvalue weighted by Crippen LogP contribution is 2.22. The van der Waals surface area contributed by atoms with E-state index in [0.717, 1.165) is 90.5 Å². The Morgan fingerprint density at radius 3 is 2.59 bits per heavy atom. The Kier molecular flexibility index (Phi) is 8.61. The summed E-state index contributed by atoms with van der Waals surface area (Å²) in [5.74, 6) is 1.01. The number of anilines is 1. The van der Waals surface area contributed by atoms with Crippen LogP contribution in [0.5, 0.6) is 0 Å². The van der Waals surface area contributed by atoms with Crippen molar-refractivity contribution in [1.82, 2.24) is 15.1 Å². The monoisotopic (exact) mass is 420 g/mol. The lowest BCUT2D eigenvalue weighted by Crippen LogP contribution is -2.52. The van der Waals surface area contributed by atoms with Gasteiger partial charge in [-0.25, -0.2) is 0 Å². The van der Waals surface area contributed by atoms with E-state index < -0.39 is 0 Å². The number of piperidine rings is 1. The highest BCUT2D eigenvalue weighted by atomic mass is 32.1. The summed E-state index contributed by atoms with van der Waals surface area (Å²) in [6.07, 6.45) is 4.07. The fourth-order valence-electron chi connectivity index (χ4n) is 4.09. The molecule has 1 aromatic rings. The Morgan fingerprint density at radius 2 is 1.97 bits per heavy atom. The van der Waals surface area contributed by atoms with E-state index in [1.807, 2.05) is 11.3 Å². The molecular formula is C21H36N6OS. The topological polar surface area (TPSA) is 77.2 Å². The zero-order valence-corrected chi connectivity index (χ0v) is 18.5. The molecule has 0 saturated carbocycles. The first kappa shape index (κ1) is 21.9. The van der Waals surface area contributed by atoms with Crippen LogP contribution in [0.25, 0.3) is 0 Å². The van der Waals surface area contributed by atoms with Gasteiger partial charge in [0, 0.05) is 45.2 Å². The molecule has 0 atom stereocenters. The molecule has 1 amide bonds. The number of piperazine rings is 1. The maximum atomic E-state index is 11.3. The number of amides is 1. The zero-order chi connectivity index (χ0) is 20.5. The van der Waals surface area contributed by atoms with Gasteiger partial charge >= 0.3 is 0 Å². The van der Waals surface area contributed by atoms with Gasteiger partial charge in [-0.2, -0.15) is 0 Å². The van der Waals surface area contributed by atoms with E-state index in [2.05, 4.69) is 44.5 Å².